The average molecular weight is 268 g/mol. The van der Waals surface area contributed by atoms with Gasteiger partial charge in [-0.05, 0) is 23.7 Å². The van der Waals surface area contributed by atoms with Gasteiger partial charge in [0, 0.05) is 6.21 Å². The summed E-state index contributed by atoms with van der Waals surface area (Å²) in [6.07, 6.45) is 1.86. The second kappa shape index (κ2) is 4.92. The van der Waals surface area contributed by atoms with E-state index in [0.717, 1.165) is 12.4 Å². The van der Waals surface area contributed by atoms with Gasteiger partial charge in [0.2, 0.25) is 5.28 Å². The van der Waals surface area contributed by atoms with Gasteiger partial charge in [-0.2, -0.15) is 0 Å². The van der Waals surface area contributed by atoms with Crippen molar-refractivity contribution in [1.29, 1.82) is 5.41 Å². The lowest BCUT2D eigenvalue weighted by Gasteiger charge is -2.06. The Morgan fingerprint density at radius 3 is 2.89 bits per heavy atom. The van der Waals surface area contributed by atoms with Crippen LogP contribution in [0.2, 0.25) is 5.28 Å². The number of nitrogens with one attached hydrogen (secondary N) is 3. The van der Waals surface area contributed by atoms with Crippen molar-refractivity contribution in [2.75, 3.05) is 5.32 Å². The highest BCUT2D eigenvalue weighted by molar-refractivity contribution is 6.28. The summed E-state index contributed by atoms with van der Waals surface area (Å²) in [5.41, 5.74) is -0.542. The third kappa shape index (κ3) is 2.51. The summed E-state index contributed by atoms with van der Waals surface area (Å²) in [4.78, 5) is 21.3. The Labute approximate surface area is 105 Å². The van der Waals surface area contributed by atoms with E-state index in [-0.39, 0.29) is 22.5 Å². The Morgan fingerprint density at radius 1 is 1.50 bits per heavy atom. The van der Waals surface area contributed by atoms with Gasteiger partial charge < -0.3 is 10.7 Å². The number of rotatable bonds is 3. The second-order valence-electron chi connectivity index (χ2n) is 3.25. The Hall–Kier alpha value is -2.28. The van der Waals surface area contributed by atoms with Crippen molar-refractivity contribution >= 4 is 29.5 Å². The Balaban J connectivity index is 2.42. The van der Waals surface area contributed by atoms with Gasteiger partial charge in [0.1, 0.15) is 23.0 Å². The normalized spacial score (nSPS) is 10.1. The van der Waals surface area contributed by atoms with Gasteiger partial charge in [0.05, 0.1) is 6.20 Å². The molecule has 0 aliphatic carbocycles. The van der Waals surface area contributed by atoms with Gasteiger partial charge in [0.15, 0.2) is 0 Å². The van der Waals surface area contributed by atoms with E-state index in [0.29, 0.717) is 0 Å². The first-order valence-corrected chi connectivity index (χ1v) is 5.17. The molecule has 3 N–H and O–H groups in total. The lowest BCUT2D eigenvalue weighted by Crippen LogP contribution is -2.16. The van der Waals surface area contributed by atoms with E-state index in [4.69, 9.17) is 17.0 Å². The van der Waals surface area contributed by atoms with Gasteiger partial charge >= 0.3 is 0 Å². The van der Waals surface area contributed by atoms with Gasteiger partial charge in [0.25, 0.3) is 5.56 Å². The van der Waals surface area contributed by atoms with E-state index in [1.807, 2.05) is 0 Å². The predicted octanol–water partition coefficient (Wildman–Crippen LogP) is 1.70. The zero-order valence-corrected chi connectivity index (χ0v) is 9.62. The first kappa shape index (κ1) is 12.2. The van der Waals surface area contributed by atoms with Crippen molar-refractivity contribution in [2.24, 2.45) is 0 Å². The van der Waals surface area contributed by atoms with E-state index in [1.165, 1.54) is 12.1 Å². The highest BCUT2D eigenvalue weighted by Crippen LogP contribution is 2.14. The molecule has 0 saturated heterocycles. The molecule has 92 valence electrons. The van der Waals surface area contributed by atoms with Crippen molar-refractivity contribution in [2.45, 2.75) is 0 Å². The lowest BCUT2D eigenvalue weighted by molar-refractivity contribution is 0.622. The molecule has 2 aromatic rings. The molecule has 0 amide bonds. The number of anilines is 2. The highest BCUT2D eigenvalue weighted by Gasteiger charge is 2.09. The lowest BCUT2D eigenvalue weighted by atomic mass is 10.3. The molecule has 0 radical (unpaired) electrons. The fourth-order valence-electron chi connectivity index (χ4n) is 1.26. The molecule has 6 nitrogen and oxygen atoms in total. The van der Waals surface area contributed by atoms with Crippen molar-refractivity contribution in [1.82, 2.24) is 15.0 Å². The standard InChI is InChI=1S/C10H7ClFN5O/c11-10-16-8(6(3-13)9(18)17-10)15-7-2-1-5(12)4-14-7/h1-4,13H,(H2,14,15,16,17,18). The summed E-state index contributed by atoms with van der Waals surface area (Å²) >= 11 is 5.61. The molecule has 2 heterocycles. The summed E-state index contributed by atoms with van der Waals surface area (Å²) < 4.78 is 12.7. The molecular formula is C10H7ClFN5O. The van der Waals surface area contributed by atoms with Crippen LogP contribution in [0.15, 0.2) is 23.1 Å². The number of halogens is 2. The van der Waals surface area contributed by atoms with Crippen molar-refractivity contribution in [3.63, 3.8) is 0 Å². The van der Waals surface area contributed by atoms with Crippen LogP contribution in [0.5, 0.6) is 0 Å². The number of aromatic nitrogens is 3. The van der Waals surface area contributed by atoms with Gasteiger partial charge in [-0.3, -0.25) is 9.78 Å². The topological polar surface area (TPSA) is 94.5 Å². The molecule has 0 bridgehead atoms. The predicted molar refractivity (Wildman–Crippen MR) is 65.2 cm³/mol. The molecule has 2 rings (SSSR count). The molecule has 0 spiro atoms. The molecule has 0 fully saturated rings. The van der Waals surface area contributed by atoms with E-state index < -0.39 is 11.4 Å². The number of hydrogen-bond acceptors (Lipinski definition) is 5. The van der Waals surface area contributed by atoms with Crippen LogP contribution in [-0.4, -0.2) is 21.2 Å². The van der Waals surface area contributed by atoms with E-state index in [2.05, 4.69) is 20.3 Å². The van der Waals surface area contributed by atoms with Crippen molar-refractivity contribution < 1.29 is 4.39 Å². The maximum absolute atomic E-state index is 12.7. The molecule has 0 aliphatic rings. The molecule has 2 aromatic heterocycles. The monoisotopic (exact) mass is 267 g/mol. The molecule has 0 aliphatic heterocycles. The zero-order valence-electron chi connectivity index (χ0n) is 8.87. The molecule has 18 heavy (non-hydrogen) atoms. The van der Waals surface area contributed by atoms with Crippen LogP contribution in [0.1, 0.15) is 5.56 Å². The van der Waals surface area contributed by atoms with E-state index >= 15 is 0 Å². The maximum atomic E-state index is 12.7. The summed E-state index contributed by atoms with van der Waals surface area (Å²) in [7, 11) is 0. The summed E-state index contributed by atoms with van der Waals surface area (Å²) in [6, 6.07) is 2.58. The van der Waals surface area contributed by atoms with Crippen LogP contribution in [0.4, 0.5) is 16.0 Å². The molecule has 0 unspecified atom stereocenters. The minimum Gasteiger partial charge on any atom is -0.324 e. The van der Waals surface area contributed by atoms with E-state index in [1.54, 1.807) is 0 Å². The van der Waals surface area contributed by atoms with Crippen LogP contribution in [0.25, 0.3) is 0 Å². The number of H-pyrrole nitrogens is 1. The van der Waals surface area contributed by atoms with E-state index in [9.17, 15) is 9.18 Å². The summed E-state index contributed by atoms with van der Waals surface area (Å²) in [5, 5.41) is 9.72. The minimum absolute atomic E-state index is 0.00512. The first-order chi connectivity index (χ1) is 8.60. The first-order valence-electron chi connectivity index (χ1n) is 4.79. The van der Waals surface area contributed by atoms with Crippen LogP contribution in [0.3, 0.4) is 0 Å². The third-order valence-electron chi connectivity index (χ3n) is 2.04. The number of hydrogen-bond donors (Lipinski definition) is 3. The zero-order chi connectivity index (χ0) is 13.1. The Morgan fingerprint density at radius 2 is 2.28 bits per heavy atom. The largest absolute Gasteiger partial charge is 0.324 e. The molecule has 0 aromatic carbocycles. The van der Waals surface area contributed by atoms with Crippen LogP contribution in [0, 0.1) is 11.2 Å². The van der Waals surface area contributed by atoms with Crippen LogP contribution < -0.4 is 10.9 Å². The number of pyridine rings is 1. The molecule has 0 atom stereocenters. The summed E-state index contributed by atoms with van der Waals surface area (Å²) in [6.45, 7) is 0. The maximum Gasteiger partial charge on any atom is 0.262 e. The minimum atomic E-state index is -0.547. The average Bonchev–Trinajstić information content (AvgIpc) is 2.32. The fourth-order valence-corrected chi connectivity index (χ4v) is 1.43. The third-order valence-corrected chi connectivity index (χ3v) is 2.22. The Kier molecular flexibility index (Phi) is 3.33. The fraction of sp³-hybridized carbons (Fsp3) is 0. The number of aromatic amines is 1. The molecule has 8 heteroatoms. The van der Waals surface area contributed by atoms with Crippen LogP contribution >= 0.6 is 11.6 Å². The van der Waals surface area contributed by atoms with Crippen molar-refractivity contribution in [3.05, 3.63) is 45.3 Å². The molecule has 0 saturated carbocycles. The second-order valence-corrected chi connectivity index (χ2v) is 3.61. The van der Waals surface area contributed by atoms with Crippen LogP contribution in [-0.2, 0) is 0 Å². The Bertz CT molecular complexity index is 640. The summed E-state index contributed by atoms with van der Waals surface area (Å²) in [5.74, 6) is -0.115. The number of nitrogens with zero attached hydrogens (tertiary/aromatic N) is 2. The highest BCUT2D eigenvalue weighted by atomic mass is 35.5. The molecular weight excluding hydrogens is 261 g/mol. The SMILES string of the molecule is N=Cc1c(Nc2ccc(F)cn2)nc(Cl)[nH]c1=O. The van der Waals surface area contributed by atoms with Gasteiger partial charge in [-0.1, -0.05) is 0 Å². The van der Waals surface area contributed by atoms with Gasteiger partial charge in [-0.15, -0.1) is 0 Å². The van der Waals surface area contributed by atoms with Crippen molar-refractivity contribution in [3.8, 4) is 0 Å². The quantitative estimate of drug-likeness (QED) is 0.583. The van der Waals surface area contributed by atoms with Gasteiger partial charge in [-0.25, -0.2) is 14.4 Å². The smallest absolute Gasteiger partial charge is 0.262 e.